The Hall–Kier alpha value is -1.62. The van der Waals surface area contributed by atoms with Gasteiger partial charge in [0.05, 0.1) is 17.9 Å². The normalized spacial score (nSPS) is 12.2. The molecular weight excluding hydrogens is 225 g/mol. The van der Waals surface area contributed by atoms with E-state index in [0.29, 0.717) is 13.2 Å². The molecule has 0 heterocycles. The van der Waals surface area contributed by atoms with Gasteiger partial charge in [0.2, 0.25) is 0 Å². The summed E-state index contributed by atoms with van der Waals surface area (Å²) in [5.41, 5.74) is 0.231. The summed E-state index contributed by atoms with van der Waals surface area (Å²) in [6.45, 7) is 4.73. The number of carbonyl (C=O) groups is 1. The van der Waals surface area contributed by atoms with Crippen LogP contribution in [0.25, 0.3) is 0 Å². The minimum Gasteiger partial charge on any atom is -0.478 e. The van der Waals surface area contributed by atoms with Gasteiger partial charge in [-0.2, -0.15) is 0 Å². The molecule has 0 aliphatic heterocycles. The molecule has 0 fully saturated rings. The van der Waals surface area contributed by atoms with Crippen LogP contribution < -0.4 is 5.32 Å². The number of rotatable bonds is 6. The topological polar surface area (TPSA) is 58.6 Å². The average molecular weight is 241 g/mol. The van der Waals surface area contributed by atoms with Crippen molar-refractivity contribution in [3.63, 3.8) is 0 Å². The summed E-state index contributed by atoms with van der Waals surface area (Å²) in [5, 5.41) is 11.7. The molecule has 0 amide bonds. The molecule has 1 unspecified atom stereocenters. The third kappa shape index (κ3) is 4.03. The van der Waals surface area contributed by atoms with Gasteiger partial charge in [-0.25, -0.2) is 9.18 Å². The highest BCUT2D eigenvalue weighted by atomic mass is 19.1. The van der Waals surface area contributed by atoms with Crippen LogP contribution in [-0.2, 0) is 4.74 Å². The SMILES string of the molecule is CCOCC(C)Nc1cc(C(=O)O)ccc1F. The molecule has 0 bridgehead atoms. The van der Waals surface area contributed by atoms with Gasteiger partial charge >= 0.3 is 5.97 Å². The van der Waals surface area contributed by atoms with Gasteiger partial charge in [-0.15, -0.1) is 0 Å². The van der Waals surface area contributed by atoms with Crippen LogP contribution in [0, 0.1) is 5.82 Å². The van der Waals surface area contributed by atoms with Gasteiger partial charge in [0, 0.05) is 12.6 Å². The van der Waals surface area contributed by atoms with Crippen molar-refractivity contribution >= 4 is 11.7 Å². The monoisotopic (exact) mass is 241 g/mol. The zero-order valence-electron chi connectivity index (χ0n) is 9.87. The standard InChI is InChI=1S/C12H16FNO3/c1-3-17-7-8(2)14-11-6-9(12(15)16)4-5-10(11)13/h4-6,8,14H,3,7H2,1-2H3,(H,15,16). The van der Waals surface area contributed by atoms with Crippen LogP contribution in [-0.4, -0.2) is 30.3 Å². The first-order chi connectivity index (χ1) is 8.04. The van der Waals surface area contributed by atoms with Crippen molar-refractivity contribution in [2.45, 2.75) is 19.9 Å². The van der Waals surface area contributed by atoms with E-state index in [9.17, 15) is 9.18 Å². The summed E-state index contributed by atoms with van der Waals surface area (Å²) in [6.07, 6.45) is 0. The molecule has 1 aromatic carbocycles. The predicted molar refractivity (Wildman–Crippen MR) is 62.9 cm³/mol. The molecule has 0 aliphatic rings. The molecule has 0 aliphatic carbocycles. The maximum Gasteiger partial charge on any atom is 0.335 e. The first-order valence-electron chi connectivity index (χ1n) is 5.41. The first-order valence-corrected chi connectivity index (χ1v) is 5.41. The molecule has 0 aromatic heterocycles. The quantitative estimate of drug-likeness (QED) is 0.802. The molecule has 17 heavy (non-hydrogen) atoms. The molecule has 0 saturated heterocycles. The summed E-state index contributed by atoms with van der Waals surface area (Å²) >= 11 is 0. The van der Waals surface area contributed by atoms with Crippen LogP contribution in [0.15, 0.2) is 18.2 Å². The van der Waals surface area contributed by atoms with E-state index < -0.39 is 11.8 Å². The third-order valence-corrected chi connectivity index (χ3v) is 2.19. The summed E-state index contributed by atoms with van der Waals surface area (Å²) in [7, 11) is 0. The lowest BCUT2D eigenvalue weighted by Crippen LogP contribution is -2.22. The number of ether oxygens (including phenoxy) is 1. The number of halogens is 1. The summed E-state index contributed by atoms with van der Waals surface area (Å²) in [6, 6.07) is 3.56. The van der Waals surface area contributed by atoms with Crippen LogP contribution >= 0.6 is 0 Å². The largest absolute Gasteiger partial charge is 0.478 e. The van der Waals surface area contributed by atoms with E-state index in [-0.39, 0.29) is 17.3 Å². The molecule has 5 heteroatoms. The van der Waals surface area contributed by atoms with Crippen LogP contribution in [0.1, 0.15) is 24.2 Å². The Morgan fingerprint density at radius 1 is 1.59 bits per heavy atom. The fourth-order valence-electron chi connectivity index (χ4n) is 1.37. The lowest BCUT2D eigenvalue weighted by Gasteiger charge is -2.15. The zero-order chi connectivity index (χ0) is 12.8. The van der Waals surface area contributed by atoms with Crippen LogP contribution in [0.5, 0.6) is 0 Å². The second-order valence-corrected chi connectivity index (χ2v) is 3.70. The molecule has 0 spiro atoms. The van der Waals surface area contributed by atoms with Gasteiger partial charge in [-0.1, -0.05) is 0 Å². The Morgan fingerprint density at radius 3 is 2.88 bits per heavy atom. The zero-order valence-corrected chi connectivity index (χ0v) is 9.87. The number of hydrogen-bond donors (Lipinski definition) is 2. The predicted octanol–water partition coefficient (Wildman–Crippen LogP) is 2.36. The highest BCUT2D eigenvalue weighted by molar-refractivity contribution is 5.88. The maximum atomic E-state index is 13.4. The average Bonchev–Trinajstić information content (AvgIpc) is 2.29. The summed E-state index contributed by atoms with van der Waals surface area (Å²) < 4.78 is 18.6. The van der Waals surface area contributed by atoms with Gasteiger partial charge in [-0.05, 0) is 32.0 Å². The number of anilines is 1. The highest BCUT2D eigenvalue weighted by Crippen LogP contribution is 2.17. The van der Waals surface area contributed by atoms with E-state index in [4.69, 9.17) is 9.84 Å². The van der Waals surface area contributed by atoms with Gasteiger partial charge in [-0.3, -0.25) is 0 Å². The molecule has 1 rings (SSSR count). The number of benzene rings is 1. The van der Waals surface area contributed by atoms with Gasteiger partial charge < -0.3 is 15.2 Å². The second kappa shape index (κ2) is 6.20. The van der Waals surface area contributed by atoms with E-state index in [1.807, 2.05) is 13.8 Å². The van der Waals surface area contributed by atoms with Gasteiger partial charge in [0.25, 0.3) is 0 Å². The van der Waals surface area contributed by atoms with Crippen LogP contribution in [0.2, 0.25) is 0 Å². The smallest absolute Gasteiger partial charge is 0.335 e. The number of aromatic carboxylic acids is 1. The fraction of sp³-hybridized carbons (Fsp3) is 0.417. The molecule has 94 valence electrons. The second-order valence-electron chi connectivity index (χ2n) is 3.70. The summed E-state index contributed by atoms with van der Waals surface area (Å²) in [4.78, 5) is 10.7. The lowest BCUT2D eigenvalue weighted by molar-refractivity contribution is 0.0697. The van der Waals surface area contributed by atoms with Crippen molar-refractivity contribution in [3.05, 3.63) is 29.6 Å². The summed E-state index contributed by atoms with van der Waals surface area (Å²) in [5.74, 6) is -1.55. The van der Waals surface area contributed by atoms with Crippen molar-refractivity contribution < 1.29 is 19.0 Å². The van der Waals surface area contributed by atoms with Crippen molar-refractivity contribution in [3.8, 4) is 0 Å². The van der Waals surface area contributed by atoms with Crippen LogP contribution in [0.3, 0.4) is 0 Å². The molecule has 4 nitrogen and oxygen atoms in total. The fourth-order valence-corrected chi connectivity index (χ4v) is 1.37. The number of nitrogens with one attached hydrogen (secondary N) is 1. The Labute approximate surface area is 99.4 Å². The molecule has 2 N–H and O–H groups in total. The number of carboxylic acids is 1. The van der Waals surface area contributed by atoms with E-state index in [2.05, 4.69) is 5.32 Å². The minimum absolute atomic E-state index is 0.0532. The van der Waals surface area contributed by atoms with Crippen molar-refractivity contribution in [2.24, 2.45) is 0 Å². The van der Waals surface area contributed by atoms with E-state index >= 15 is 0 Å². The minimum atomic E-state index is -1.08. The molecule has 1 aromatic rings. The molecule has 0 radical (unpaired) electrons. The van der Waals surface area contributed by atoms with Gasteiger partial charge in [0.15, 0.2) is 0 Å². The number of hydrogen-bond acceptors (Lipinski definition) is 3. The van der Waals surface area contributed by atoms with Crippen molar-refractivity contribution in [1.82, 2.24) is 0 Å². The maximum absolute atomic E-state index is 13.4. The lowest BCUT2D eigenvalue weighted by atomic mass is 10.2. The molecular formula is C12H16FNO3. The van der Waals surface area contributed by atoms with Crippen molar-refractivity contribution in [2.75, 3.05) is 18.5 Å². The van der Waals surface area contributed by atoms with E-state index in [1.165, 1.54) is 12.1 Å². The highest BCUT2D eigenvalue weighted by Gasteiger charge is 2.10. The molecule has 0 saturated carbocycles. The van der Waals surface area contributed by atoms with Crippen molar-refractivity contribution in [1.29, 1.82) is 0 Å². The number of carboxylic acid groups (broad SMARTS) is 1. The Balaban J connectivity index is 2.75. The molecule has 1 atom stereocenters. The Bertz CT molecular complexity index is 395. The Kier molecular flexibility index (Phi) is 4.90. The van der Waals surface area contributed by atoms with E-state index in [1.54, 1.807) is 0 Å². The first kappa shape index (κ1) is 13.4. The Morgan fingerprint density at radius 2 is 2.29 bits per heavy atom. The van der Waals surface area contributed by atoms with E-state index in [0.717, 1.165) is 6.07 Å². The van der Waals surface area contributed by atoms with Crippen LogP contribution in [0.4, 0.5) is 10.1 Å². The van der Waals surface area contributed by atoms with Gasteiger partial charge in [0.1, 0.15) is 5.82 Å². The third-order valence-electron chi connectivity index (χ3n) is 2.19.